The molecule has 256 valence electrons. The minimum Gasteiger partial charge on any atom is -0.293 e. The fourth-order valence-electron chi connectivity index (χ4n) is 9.43. The number of pyridine rings is 1. The maximum atomic E-state index is 5.55. The Balaban J connectivity index is 1.35. The highest BCUT2D eigenvalue weighted by atomic mass is 15.2. The zero-order valence-corrected chi connectivity index (χ0v) is 29.6. The molecule has 55 heavy (non-hydrogen) atoms. The first-order valence-corrected chi connectivity index (χ1v) is 18.7. The van der Waals surface area contributed by atoms with Gasteiger partial charge >= 0.3 is 0 Å². The highest BCUT2D eigenvalue weighted by Crippen LogP contribution is 2.59. The van der Waals surface area contributed by atoms with Gasteiger partial charge in [-0.2, -0.15) is 0 Å². The second-order valence-corrected chi connectivity index (χ2v) is 14.3. The van der Waals surface area contributed by atoms with Gasteiger partial charge in [-0.25, -0.2) is 15.0 Å². The molecule has 0 saturated carbocycles. The zero-order valence-electron chi connectivity index (χ0n) is 29.6. The van der Waals surface area contributed by atoms with Gasteiger partial charge in [-0.15, -0.1) is 0 Å². The first-order chi connectivity index (χ1) is 27.3. The van der Waals surface area contributed by atoms with E-state index in [1.54, 1.807) is 0 Å². The summed E-state index contributed by atoms with van der Waals surface area (Å²) in [6, 6.07) is 67.0. The average Bonchev–Trinajstić information content (AvgIpc) is 3.91. The van der Waals surface area contributed by atoms with E-state index < -0.39 is 5.41 Å². The lowest BCUT2D eigenvalue weighted by molar-refractivity contribution is 0.730. The van der Waals surface area contributed by atoms with Crippen LogP contribution < -0.4 is 0 Å². The highest BCUT2D eigenvalue weighted by Gasteiger charge is 2.49. The van der Waals surface area contributed by atoms with Crippen LogP contribution in [0.15, 0.2) is 188 Å². The van der Waals surface area contributed by atoms with Crippen LogP contribution in [0.2, 0.25) is 0 Å². The first-order valence-electron chi connectivity index (χ1n) is 18.7. The summed E-state index contributed by atoms with van der Waals surface area (Å²) in [6.45, 7) is 0. The Morgan fingerprint density at radius 1 is 0.455 bits per heavy atom. The van der Waals surface area contributed by atoms with E-state index in [0.717, 1.165) is 60.6 Å². The molecule has 12 rings (SSSR count). The number of hydrogen-bond acceptors (Lipinski definition) is 3. The summed E-state index contributed by atoms with van der Waals surface area (Å²) in [5.41, 5.74) is 14.3. The highest BCUT2D eigenvalue weighted by molar-refractivity contribution is 6.22. The van der Waals surface area contributed by atoms with Crippen molar-refractivity contribution in [1.29, 1.82) is 0 Å². The third kappa shape index (κ3) is 3.99. The van der Waals surface area contributed by atoms with E-state index in [2.05, 4.69) is 191 Å². The summed E-state index contributed by atoms with van der Waals surface area (Å²) in [5.74, 6) is 0.612. The second kappa shape index (κ2) is 11.3. The summed E-state index contributed by atoms with van der Waals surface area (Å²) < 4.78 is 4.71. The van der Waals surface area contributed by atoms with E-state index >= 15 is 0 Å². The van der Waals surface area contributed by atoms with E-state index in [-0.39, 0.29) is 0 Å². The maximum Gasteiger partial charge on any atom is 0.235 e. The lowest BCUT2D eigenvalue weighted by Gasteiger charge is -2.34. The number of imidazole rings is 1. The van der Waals surface area contributed by atoms with Crippen LogP contribution >= 0.6 is 0 Å². The second-order valence-electron chi connectivity index (χ2n) is 14.3. The van der Waals surface area contributed by atoms with Crippen molar-refractivity contribution in [3.05, 3.63) is 210 Å². The van der Waals surface area contributed by atoms with Crippen LogP contribution in [0.4, 0.5) is 0 Å². The van der Waals surface area contributed by atoms with Crippen LogP contribution in [0.5, 0.6) is 0 Å². The molecule has 4 heterocycles. The molecular formula is C50H31N5. The van der Waals surface area contributed by atoms with E-state index in [0.29, 0.717) is 5.95 Å². The number of aromatic nitrogens is 5. The minimum absolute atomic E-state index is 0.612. The Bertz CT molecular complexity index is 3270. The van der Waals surface area contributed by atoms with Gasteiger partial charge in [-0.3, -0.25) is 8.97 Å². The molecule has 0 N–H and O–H groups in total. The summed E-state index contributed by atoms with van der Waals surface area (Å²) in [4.78, 5) is 16.3. The van der Waals surface area contributed by atoms with Gasteiger partial charge in [0, 0.05) is 27.3 Å². The smallest absolute Gasteiger partial charge is 0.235 e. The molecule has 0 aliphatic heterocycles. The van der Waals surface area contributed by atoms with Crippen molar-refractivity contribution >= 4 is 49.4 Å². The number of para-hydroxylation sites is 4. The molecule has 11 aromatic rings. The van der Waals surface area contributed by atoms with Gasteiger partial charge in [0.15, 0.2) is 5.65 Å². The van der Waals surface area contributed by atoms with Gasteiger partial charge in [0.25, 0.3) is 0 Å². The molecule has 0 fully saturated rings. The van der Waals surface area contributed by atoms with Gasteiger partial charge in [0.2, 0.25) is 5.95 Å². The van der Waals surface area contributed by atoms with Crippen molar-refractivity contribution in [2.75, 3.05) is 0 Å². The van der Waals surface area contributed by atoms with E-state index in [4.69, 9.17) is 15.0 Å². The van der Waals surface area contributed by atoms with Gasteiger partial charge in [0.05, 0.1) is 38.9 Å². The number of benzene rings is 7. The molecule has 4 aromatic heterocycles. The number of nitrogens with zero attached hydrogens (tertiary/aromatic N) is 5. The Morgan fingerprint density at radius 2 is 1.04 bits per heavy atom. The van der Waals surface area contributed by atoms with Crippen LogP contribution in [0, 0.1) is 0 Å². The maximum absolute atomic E-state index is 5.55. The Hall–Kier alpha value is -7.37. The Labute approximate surface area is 316 Å². The summed E-state index contributed by atoms with van der Waals surface area (Å²) in [7, 11) is 0. The van der Waals surface area contributed by atoms with E-state index in [1.165, 1.54) is 33.5 Å². The fourth-order valence-corrected chi connectivity index (χ4v) is 9.43. The first kappa shape index (κ1) is 30.1. The third-order valence-electron chi connectivity index (χ3n) is 11.6. The van der Waals surface area contributed by atoms with Gasteiger partial charge in [0.1, 0.15) is 5.52 Å². The summed E-state index contributed by atoms with van der Waals surface area (Å²) >= 11 is 0. The van der Waals surface area contributed by atoms with Crippen LogP contribution in [0.25, 0.3) is 77.7 Å². The minimum atomic E-state index is -0.645. The number of rotatable bonds is 4. The molecule has 7 aromatic carbocycles. The molecule has 0 unspecified atom stereocenters. The largest absolute Gasteiger partial charge is 0.293 e. The number of hydrogen-bond donors (Lipinski definition) is 0. The quantitative estimate of drug-likeness (QED) is 0.184. The predicted molar refractivity (Wildman–Crippen MR) is 223 cm³/mol. The van der Waals surface area contributed by atoms with Crippen LogP contribution in [-0.2, 0) is 5.41 Å². The third-order valence-corrected chi connectivity index (χ3v) is 11.6. The van der Waals surface area contributed by atoms with Crippen molar-refractivity contribution in [3.8, 4) is 28.3 Å². The SMILES string of the molecule is c1ccc(-c2nc(-n3c4ccccc4c4c5c(n6c7ccccc7nc6c43)C(c3ccccc3)(c3ccccc3)c3ccccc3-5)nc3ccccc23)cc1. The van der Waals surface area contributed by atoms with Crippen molar-refractivity contribution in [2.24, 2.45) is 0 Å². The fraction of sp³-hybridized carbons (Fsp3) is 0.0200. The monoisotopic (exact) mass is 701 g/mol. The van der Waals surface area contributed by atoms with Crippen molar-refractivity contribution in [1.82, 2.24) is 23.9 Å². The van der Waals surface area contributed by atoms with E-state index in [9.17, 15) is 0 Å². The van der Waals surface area contributed by atoms with E-state index in [1.807, 2.05) is 6.07 Å². The molecule has 5 heteroatoms. The molecule has 0 atom stereocenters. The molecule has 1 aliphatic rings. The van der Waals surface area contributed by atoms with Crippen molar-refractivity contribution < 1.29 is 0 Å². The number of fused-ring (bicyclic) bond motifs is 13. The van der Waals surface area contributed by atoms with Gasteiger partial charge in [-0.05, 0) is 46.5 Å². The average molecular weight is 702 g/mol. The normalized spacial score (nSPS) is 13.2. The zero-order chi connectivity index (χ0) is 36.1. The Kier molecular flexibility index (Phi) is 6.20. The molecule has 0 radical (unpaired) electrons. The lowest BCUT2D eigenvalue weighted by atomic mass is 9.69. The van der Waals surface area contributed by atoms with Gasteiger partial charge < -0.3 is 0 Å². The molecule has 5 nitrogen and oxygen atoms in total. The molecule has 0 saturated heterocycles. The van der Waals surface area contributed by atoms with Crippen molar-refractivity contribution in [3.63, 3.8) is 0 Å². The van der Waals surface area contributed by atoms with Crippen LogP contribution in [0.1, 0.15) is 22.4 Å². The van der Waals surface area contributed by atoms with Crippen LogP contribution in [0.3, 0.4) is 0 Å². The van der Waals surface area contributed by atoms with Gasteiger partial charge in [-0.1, -0.05) is 164 Å². The molecule has 0 bridgehead atoms. The Morgan fingerprint density at radius 3 is 1.78 bits per heavy atom. The summed E-state index contributed by atoms with van der Waals surface area (Å²) in [5, 5.41) is 3.29. The van der Waals surface area contributed by atoms with Crippen LogP contribution in [-0.4, -0.2) is 23.9 Å². The predicted octanol–water partition coefficient (Wildman–Crippen LogP) is 11.6. The summed E-state index contributed by atoms with van der Waals surface area (Å²) in [6.07, 6.45) is 0. The van der Waals surface area contributed by atoms with Crippen molar-refractivity contribution in [2.45, 2.75) is 5.41 Å². The molecular weight excluding hydrogens is 671 g/mol. The standard InChI is InChI=1S/C50H31N5/c1-4-18-32(19-5-1)45-36-25-11-14-28-39(36)52-49(53-45)54-41-30-16-12-26-37(41)43-44-35-24-10-13-27-38(35)50(33-20-6-2-7-21-33,34-22-8-3-9-23-34)47(44)55-42-31-17-15-29-40(42)51-48(55)46(43)54/h1-31H. The topological polar surface area (TPSA) is 48.0 Å². The molecule has 0 amide bonds. The lowest BCUT2D eigenvalue weighted by Crippen LogP contribution is -2.30. The molecule has 1 aliphatic carbocycles. The molecule has 0 spiro atoms.